The number of carboxylic acid groups (broad SMARTS) is 1. The molecule has 21 heavy (non-hydrogen) atoms. The molecule has 0 saturated heterocycles. The van der Waals surface area contributed by atoms with Crippen molar-refractivity contribution in [1.29, 1.82) is 0 Å². The number of carbonyl (C=O) groups excluding carboxylic acids is 1. The molecule has 0 aromatic carbocycles. The molecule has 0 saturated carbocycles. The van der Waals surface area contributed by atoms with Crippen LogP contribution in [0, 0.1) is 0 Å². The van der Waals surface area contributed by atoms with Crippen LogP contribution in [-0.4, -0.2) is 91.5 Å². The molecule has 0 aromatic rings. The lowest BCUT2D eigenvalue weighted by molar-refractivity contribution is -0.891. The number of hydrogen-bond donors (Lipinski definition) is 0. The van der Waals surface area contributed by atoms with Crippen LogP contribution >= 0.6 is 0 Å². The van der Waals surface area contributed by atoms with E-state index in [9.17, 15) is 9.90 Å². The normalized spacial score (nSPS) is 10.9. The van der Waals surface area contributed by atoms with Crippen molar-refractivity contribution in [2.75, 3.05) is 81.0 Å². The standard InChI is InChI=1S/C11H26NO3.C3H6O3/c1-5-14-8-6-12(2,3)7-9-15-11-10-13-4;1-6-2-3(4)5/h5-11H2,1-4H3;2H2,1H3,(H,4,5)/q+1;/p-1. The summed E-state index contributed by atoms with van der Waals surface area (Å²) in [6.07, 6.45) is 0. The number of likely N-dealkylation sites (N-methyl/N-ethyl adjacent to an activating group) is 1. The third kappa shape index (κ3) is 21.7. The second-order valence-electron chi connectivity index (χ2n) is 4.99. The van der Waals surface area contributed by atoms with Crippen LogP contribution in [0.4, 0.5) is 0 Å². The van der Waals surface area contributed by atoms with Gasteiger partial charge in [-0.3, -0.25) is 0 Å². The highest BCUT2D eigenvalue weighted by Gasteiger charge is 2.13. The molecular weight excluding hydrogens is 278 g/mol. The number of rotatable bonds is 12. The minimum atomic E-state index is -1.18. The van der Waals surface area contributed by atoms with Crippen molar-refractivity contribution in [3.63, 3.8) is 0 Å². The maximum Gasteiger partial charge on any atom is 0.102 e. The van der Waals surface area contributed by atoms with Gasteiger partial charge in [-0.15, -0.1) is 0 Å². The van der Waals surface area contributed by atoms with Crippen molar-refractivity contribution in [2.45, 2.75) is 6.92 Å². The Labute approximate surface area is 128 Å². The zero-order valence-electron chi connectivity index (χ0n) is 14.1. The van der Waals surface area contributed by atoms with E-state index >= 15 is 0 Å². The topological polar surface area (TPSA) is 77.0 Å². The Morgan fingerprint density at radius 3 is 1.90 bits per heavy atom. The summed E-state index contributed by atoms with van der Waals surface area (Å²) in [6.45, 7) is 7.49. The van der Waals surface area contributed by atoms with Crippen LogP contribution in [0.15, 0.2) is 0 Å². The zero-order chi connectivity index (χ0) is 16.6. The highest BCUT2D eigenvalue weighted by atomic mass is 16.5. The third-order valence-electron chi connectivity index (χ3n) is 2.58. The summed E-state index contributed by atoms with van der Waals surface area (Å²) in [6, 6.07) is 0. The second-order valence-corrected chi connectivity index (χ2v) is 4.99. The van der Waals surface area contributed by atoms with Gasteiger partial charge in [-0.2, -0.15) is 0 Å². The summed E-state index contributed by atoms with van der Waals surface area (Å²) in [5.74, 6) is -1.18. The molecule has 0 N–H and O–H groups in total. The first-order valence-corrected chi connectivity index (χ1v) is 7.04. The lowest BCUT2D eigenvalue weighted by Gasteiger charge is -2.29. The molecule has 128 valence electrons. The van der Waals surface area contributed by atoms with E-state index in [1.54, 1.807) is 7.11 Å². The van der Waals surface area contributed by atoms with E-state index in [0.717, 1.165) is 37.4 Å². The Balaban J connectivity index is 0. The highest BCUT2D eigenvalue weighted by molar-refractivity contribution is 5.65. The van der Waals surface area contributed by atoms with E-state index in [0.29, 0.717) is 13.2 Å². The van der Waals surface area contributed by atoms with Gasteiger partial charge in [0.25, 0.3) is 0 Å². The van der Waals surface area contributed by atoms with Crippen LogP contribution in [-0.2, 0) is 23.7 Å². The average molecular weight is 309 g/mol. The van der Waals surface area contributed by atoms with Crippen molar-refractivity contribution in [3.8, 4) is 0 Å². The molecule has 0 aliphatic heterocycles. The first kappa shape index (κ1) is 22.5. The number of carboxylic acids is 1. The van der Waals surface area contributed by atoms with Gasteiger partial charge in [0.1, 0.15) is 13.1 Å². The minimum Gasteiger partial charge on any atom is -0.548 e. The van der Waals surface area contributed by atoms with Gasteiger partial charge in [-0.25, -0.2) is 0 Å². The summed E-state index contributed by atoms with van der Waals surface area (Å²) >= 11 is 0. The monoisotopic (exact) mass is 309 g/mol. The van der Waals surface area contributed by atoms with Crippen molar-refractivity contribution >= 4 is 5.97 Å². The van der Waals surface area contributed by atoms with Crippen molar-refractivity contribution < 1.29 is 33.3 Å². The Kier molecular flexibility index (Phi) is 16.8. The van der Waals surface area contributed by atoms with E-state index in [1.165, 1.54) is 7.11 Å². The number of quaternary nitrogens is 1. The highest BCUT2D eigenvalue weighted by Crippen LogP contribution is 1.96. The molecule has 0 aliphatic carbocycles. The van der Waals surface area contributed by atoms with Gasteiger partial charge in [-0.05, 0) is 6.92 Å². The fraction of sp³-hybridized carbons (Fsp3) is 0.929. The summed E-state index contributed by atoms with van der Waals surface area (Å²) in [7, 11) is 7.37. The predicted octanol–water partition coefficient (Wildman–Crippen LogP) is -0.855. The maximum atomic E-state index is 9.36. The lowest BCUT2D eigenvalue weighted by atomic mass is 10.4. The van der Waals surface area contributed by atoms with Gasteiger partial charge in [0.2, 0.25) is 0 Å². The van der Waals surface area contributed by atoms with Crippen LogP contribution in [0.25, 0.3) is 0 Å². The van der Waals surface area contributed by atoms with Crippen LogP contribution in [0.3, 0.4) is 0 Å². The molecular formula is C14H31NO6. The Morgan fingerprint density at radius 2 is 1.52 bits per heavy atom. The van der Waals surface area contributed by atoms with E-state index in [2.05, 4.69) is 18.8 Å². The number of carbonyl (C=O) groups is 1. The molecule has 0 unspecified atom stereocenters. The molecule has 0 spiro atoms. The summed E-state index contributed by atoms with van der Waals surface area (Å²) in [5, 5.41) is 9.36. The Hall–Kier alpha value is -0.730. The number of ether oxygens (including phenoxy) is 4. The maximum absolute atomic E-state index is 9.36. The minimum absolute atomic E-state index is 0.319. The Morgan fingerprint density at radius 1 is 0.952 bits per heavy atom. The van der Waals surface area contributed by atoms with E-state index in [4.69, 9.17) is 14.2 Å². The van der Waals surface area contributed by atoms with Crippen LogP contribution < -0.4 is 5.11 Å². The summed E-state index contributed by atoms with van der Waals surface area (Å²) in [5.41, 5.74) is 0. The van der Waals surface area contributed by atoms with Crippen molar-refractivity contribution in [3.05, 3.63) is 0 Å². The second kappa shape index (κ2) is 15.7. The summed E-state index contributed by atoms with van der Waals surface area (Å²) < 4.78 is 20.8. The summed E-state index contributed by atoms with van der Waals surface area (Å²) in [4.78, 5) is 9.36. The van der Waals surface area contributed by atoms with Crippen molar-refractivity contribution in [2.24, 2.45) is 0 Å². The number of hydrogen-bond acceptors (Lipinski definition) is 6. The molecule has 0 amide bonds. The van der Waals surface area contributed by atoms with Crippen molar-refractivity contribution in [1.82, 2.24) is 0 Å². The van der Waals surface area contributed by atoms with E-state index in [1.807, 2.05) is 6.92 Å². The molecule has 0 heterocycles. The Bertz CT molecular complexity index is 236. The smallest absolute Gasteiger partial charge is 0.102 e. The lowest BCUT2D eigenvalue weighted by Crippen LogP contribution is -2.44. The quantitative estimate of drug-likeness (QED) is 0.345. The van der Waals surface area contributed by atoms with Crippen LogP contribution in [0.5, 0.6) is 0 Å². The molecule has 0 bridgehead atoms. The fourth-order valence-electron chi connectivity index (χ4n) is 1.24. The fourth-order valence-corrected chi connectivity index (χ4v) is 1.24. The van der Waals surface area contributed by atoms with Crippen LogP contribution in [0.1, 0.15) is 6.92 Å². The van der Waals surface area contributed by atoms with Gasteiger partial charge >= 0.3 is 0 Å². The van der Waals surface area contributed by atoms with Gasteiger partial charge < -0.3 is 33.3 Å². The largest absolute Gasteiger partial charge is 0.548 e. The van der Waals surface area contributed by atoms with Gasteiger partial charge in [0, 0.05) is 20.8 Å². The predicted molar refractivity (Wildman–Crippen MR) is 77.9 cm³/mol. The molecule has 0 aliphatic rings. The average Bonchev–Trinajstić information content (AvgIpc) is 2.39. The molecule has 7 heteroatoms. The van der Waals surface area contributed by atoms with Crippen LogP contribution in [0.2, 0.25) is 0 Å². The number of methoxy groups -OCH3 is 2. The van der Waals surface area contributed by atoms with E-state index < -0.39 is 5.97 Å². The first-order chi connectivity index (χ1) is 9.89. The van der Waals surface area contributed by atoms with Gasteiger partial charge in [0.05, 0.1) is 53.1 Å². The third-order valence-corrected chi connectivity index (χ3v) is 2.58. The molecule has 0 atom stereocenters. The molecule has 0 rings (SSSR count). The molecule has 0 aromatic heterocycles. The number of nitrogens with zero attached hydrogens (tertiary/aromatic N) is 1. The molecule has 0 fully saturated rings. The van der Waals surface area contributed by atoms with E-state index in [-0.39, 0.29) is 6.61 Å². The van der Waals surface area contributed by atoms with Gasteiger partial charge in [-0.1, -0.05) is 0 Å². The molecule has 0 radical (unpaired) electrons. The first-order valence-electron chi connectivity index (χ1n) is 7.04. The number of aliphatic carboxylic acids is 1. The molecule has 7 nitrogen and oxygen atoms in total. The SMILES string of the molecule is CCOCC[N+](C)(C)CCOCCOC.COCC(=O)[O-]. The van der Waals surface area contributed by atoms with Gasteiger partial charge in [0.15, 0.2) is 0 Å². The zero-order valence-corrected chi connectivity index (χ0v) is 14.1.